The Morgan fingerprint density at radius 1 is 1.27 bits per heavy atom. The fourth-order valence-electron chi connectivity index (χ4n) is 1.71. The zero-order valence-electron chi connectivity index (χ0n) is 8.58. The third kappa shape index (κ3) is 1.77. The number of ether oxygens (including phenoxy) is 1. The number of hydrogen-bond donors (Lipinski definition) is 0. The maximum atomic E-state index is 10.9. The summed E-state index contributed by atoms with van der Waals surface area (Å²) in [6, 6.07) is 0. The fraction of sp³-hybridized carbons (Fsp3) is 0.250. The minimum atomic E-state index is -0.136. The molecule has 1 aliphatic carbocycles. The predicted octanol–water partition coefficient (Wildman–Crippen LogP) is 3.07. The summed E-state index contributed by atoms with van der Waals surface area (Å²) in [5, 5.41) is 0.630. The monoisotopic (exact) mass is 222 g/mol. The summed E-state index contributed by atoms with van der Waals surface area (Å²) in [5.74, 6) is 0. The van der Waals surface area contributed by atoms with Crippen molar-refractivity contribution in [1.82, 2.24) is 0 Å². The van der Waals surface area contributed by atoms with Crippen LogP contribution in [-0.2, 0) is 9.53 Å². The van der Waals surface area contributed by atoms with Crippen molar-refractivity contribution in [3.8, 4) is 0 Å². The molecule has 0 bridgehead atoms. The van der Waals surface area contributed by atoms with Crippen molar-refractivity contribution in [1.29, 1.82) is 0 Å². The van der Waals surface area contributed by atoms with Gasteiger partial charge in [0.15, 0.2) is 6.29 Å². The van der Waals surface area contributed by atoms with Crippen LogP contribution in [0.3, 0.4) is 0 Å². The summed E-state index contributed by atoms with van der Waals surface area (Å²) in [7, 11) is 0. The number of fused-ring (bicyclic) bond motifs is 1. The average molecular weight is 223 g/mol. The van der Waals surface area contributed by atoms with Crippen LogP contribution in [0.2, 0.25) is 0 Å². The van der Waals surface area contributed by atoms with Gasteiger partial charge in [-0.05, 0) is 5.57 Å². The summed E-state index contributed by atoms with van der Waals surface area (Å²) in [6.07, 6.45) is 7.75. The number of carbonyl (C=O) groups is 1. The highest BCUT2D eigenvalue weighted by Gasteiger charge is 2.27. The first-order valence-corrected chi connectivity index (χ1v) is 5.04. The predicted molar refractivity (Wildman–Crippen MR) is 59.1 cm³/mol. The van der Waals surface area contributed by atoms with E-state index in [1.54, 1.807) is 6.26 Å². The number of aldehydes is 1. The standard InChI is InChI=1S/C12H11ClO2/c1-12(2)3-9-8(5-14)6-15-7-10(9)11(13)4-12/h3-7H,1-2H3. The molecule has 0 unspecified atom stereocenters. The van der Waals surface area contributed by atoms with Gasteiger partial charge in [0.25, 0.3) is 0 Å². The Morgan fingerprint density at radius 3 is 2.67 bits per heavy atom. The molecule has 2 aliphatic rings. The zero-order valence-corrected chi connectivity index (χ0v) is 9.34. The van der Waals surface area contributed by atoms with Crippen molar-refractivity contribution < 1.29 is 9.53 Å². The highest BCUT2D eigenvalue weighted by molar-refractivity contribution is 6.33. The molecule has 1 heterocycles. The van der Waals surface area contributed by atoms with E-state index < -0.39 is 0 Å². The van der Waals surface area contributed by atoms with E-state index in [1.807, 2.05) is 26.0 Å². The van der Waals surface area contributed by atoms with E-state index >= 15 is 0 Å². The van der Waals surface area contributed by atoms with Crippen LogP contribution in [0, 0.1) is 5.41 Å². The Labute approximate surface area is 93.6 Å². The molecule has 0 spiro atoms. The van der Waals surface area contributed by atoms with Gasteiger partial charge in [-0.1, -0.05) is 37.6 Å². The first kappa shape index (κ1) is 10.2. The van der Waals surface area contributed by atoms with E-state index in [1.165, 1.54) is 6.26 Å². The molecule has 0 amide bonds. The van der Waals surface area contributed by atoms with Gasteiger partial charge in [-0.3, -0.25) is 4.79 Å². The number of carbonyl (C=O) groups excluding carboxylic acids is 1. The van der Waals surface area contributed by atoms with Crippen LogP contribution in [0.5, 0.6) is 0 Å². The minimum Gasteiger partial charge on any atom is -0.471 e. The molecular weight excluding hydrogens is 212 g/mol. The molecule has 0 saturated heterocycles. The van der Waals surface area contributed by atoms with Crippen molar-refractivity contribution >= 4 is 17.9 Å². The molecule has 3 heteroatoms. The summed E-state index contributed by atoms with van der Waals surface area (Å²) in [4.78, 5) is 10.9. The Kier molecular flexibility index (Phi) is 2.31. The molecule has 0 N–H and O–H groups in total. The van der Waals surface area contributed by atoms with Gasteiger partial charge in [-0.2, -0.15) is 0 Å². The van der Waals surface area contributed by atoms with Crippen molar-refractivity contribution in [2.45, 2.75) is 13.8 Å². The van der Waals surface area contributed by atoms with Crippen LogP contribution in [-0.4, -0.2) is 6.29 Å². The molecule has 1 aliphatic heterocycles. The van der Waals surface area contributed by atoms with E-state index in [4.69, 9.17) is 16.3 Å². The Balaban J connectivity index is 2.53. The Hall–Kier alpha value is -1.28. The summed E-state index contributed by atoms with van der Waals surface area (Å²) in [5.41, 5.74) is 2.03. The molecule has 2 nitrogen and oxygen atoms in total. The second-order valence-corrected chi connectivity index (χ2v) is 4.64. The van der Waals surface area contributed by atoms with E-state index in [2.05, 4.69) is 0 Å². The minimum absolute atomic E-state index is 0.136. The van der Waals surface area contributed by atoms with E-state index in [-0.39, 0.29) is 5.41 Å². The van der Waals surface area contributed by atoms with Gasteiger partial charge in [-0.25, -0.2) is 0 Å². The molecule has 0 aromatic rings. The van der Waals surface area contributed by atoms with Crippen LogP contribution in [0.1, 0.15) is 13.8 Å². The van der Waals surface area contributed by atoms with Gasteiger partial charge in [0, 0.05) is 16.0 Å². The lowest BCUT2D eigenvalue weighted by atomic mass is 9.81. The van der Waals surface area contributed by atoms with Gasteiger partial charge < -0.3 is 4.74 Å². The van der Waals surface area contributed by atoms with Crippen LogP contribution in [0.25, 0.3) is 0 Å². The maximum absolute atomic E-state index is 10.9. The van der Waals surface area contributed by atoms with Gasteiger partial charge in [0.2, 0.25) is 0 Å². The van der Waals surface area contributed by atoms with E-state index in [0.29, 0.717) is 10.6 Å². The van der Waals surface area contributed by atoms with Gasteiger partial charge in [-0.15, -0.1) is 0 Å². The second kappa shape index (κ2) is 3.38. The third-order valence-corrected chi connectivity index (χ3v) is 2.69. The number of hydrogen-bond acceptors (Lipinski definition) is 2. The quantitative estimate of drug-likeness (QED) is 0.638. The van der Waals surface area contributed by atoms with Crippen molar-refractivity contribution in [3.05, 3.63) is 46.4 Å². The molecule has 0 radical (unpaired) electrons. The van der Waals surface area contributed by atoms with Gasteiger partial charge in [0.1, 0.15) is 6.26 Å². The zero-order chi connectivity index (χ0) is 11.1. The normalized spacial score (nSPS) is 22.6. The summed E-state index contributed by atoms with van der Waals surface area (Å²) >= 11 is 6.13. The van der Waals surface area contributed by atoms with Crippen LogP contribution in [0.15, 0.2) is 46.4 Å². The first-order chi connectivity index (χ1) is 7.03. The Bertz CT molecular complexity index is 437. The molecule has 0 aromatic carbocycles. The molecular formula is C12H11ClO2. The molecule has 2 rings (SSSR count). The molecule has 0 fully saturated rings. The summed E-state index contributed by atoms with van der Waals surface area (Å²) in [6.45, 7) is 4.08. The maximum Gasteiger partial charge on any atom is 0.153 e. The fourth-order valence-corrected chi connectivity index (χ4v) is 2.14. The molecule has 78 valence electrons. The van der Waals surface area contributed by atoms with Crippen LogP contribution >= 0.6 is 11.6 Å². The Morgan fingerprint density at radius 2 is 2.00 bits per heavy atom. The van der Waals surface area contributed by atoms with Crippen molar-refractivity contribution in [3.63, 3.8) is 0 Å². The van der Waals surface area contributed by atoms with Crippen molar-refractivity contribution in [2.75, 3.05) is 0 Å². The smallest absolute Gasteiger partial charge is 0.153 e. The van der Waals surface area contributed by atoms with Gasteiger partial charge in [0.05, 0.1) is 11.8 Å². The van der Waals surface area contributed by atoms with E-state index in [0.717, 1.165) is 17.4 Å². The second-order valence-electron chi connectivity index (χ2n) is 4.23. The molecule has 0 saturated carbocycles. The highest BCUT2D eigenvalue weighted by Crippen LogP contribution is 2.40. The number of allylic oxidation sites excluding steroid dienone is 6. The van der Waals surface area contributed by atoms with E-state index in [9.17, 15) is 4.79 Å². The third-order valence-electron chi connectivity index (χ3n) is 2.38. The molecule has 0 aromatic heterocycles. The molecule has 0 atom stereocenters. The first-order valence-electron chi connectivity index (χ1n) is 4.67. The van der Waals surface area contributed by atoms with Crippen LogP contribution < -0.4 is 0 Å². The van der Waals surface area contributed by atoms with Crippen LogP contribution in [0.4, 0.5) is 0 Å². The largest absolute Gasteiger partial charge is 0.471 e. The summed E-state index contributed by atoms with van der Waals surface area (Å²) < 4.78 is 5.06. The highest BCUT2D eigenvalue weighted by atomic mass is 35.5. The number of halogens is 1. The lowest BCUT2D eigenvalue weighted by Gasteiger charge is -2.27. The van der Waals surface area contributed by atoms with Gasteiger partial charge >= 0.3 is 0 Å². The topological polar surface area (TPSA) is 26.3 Å². The number of rotatable bonds is 1. The lowest BCUT2D eigenvalue weighted by molar-refractivity contribution is -0.104. The van der Waals surface area contributed by atoms with Crippen molar-refractivity contribution in [2.24, 2.45) is 5.41 Å². The lowest BCUT2D eigenvalue weighted by Crippen LogP contribution is -2.15. The SMILES string of the molecule is CC1(C)C=C(Cl)C2=COC=C(C=O)C2=C1. The average Bonchev–Trinajstić information content (AvgIpc) is 2.15. The molecule has 15 heavy (non-hydrogen) atoms.